The molecular weight excluding hydrogens is 340 g/mol. The van der Waals surface area contributed by atoms with Gasteiger partial charge in [-0.3, -0.25) is 0 Å². The van der Waals surface area contributed by atoms with E-state index in [1.165, 1.54) is 38.5 Å². The Morgan fingerprint density at radius 3 is 1.71 bits per heavy atom. The first-order chi connectivity index (χ1) is 6.31. The minimum Gasteiger partial charge on any atom is -0.317 e. The number of rotatable bonds is 0. The predicted octanol–water partition coefficient (Wildman–Crippen LogP) is 4.74. The van der Waals surface area contributed by atoms with Crippen molar-refractivity contribution in [2.24, 2.45) is 5.41 Å². The number of hydrogen-bond acceptors (Lipinski definition) is 0. The Kier molecular flexibility index (Phi) is 7.39. The molecule has 0 nitrogen and oxygen atoms in total. The van der Waals surface area contributed by atoms with Crippen molar-refractivity contribution in [1.82, 2.24) is 0 Å². The van der Waals surface area contributed by atoms with Crippen LogP contribution >= 0.6 is 0 Å². The molecule has 0 N–H and O–H groups in total. The van der Waals surface area contributed by atoms with E-state index < -0.39 is 0 Å². The topological polar surface area (TPSA) is 0 Å². The maximum atomic E-state index is 2.34. The van der Waals surface area contributed by atoms with Crippen molar-refractivity contribution in [3.63, 3.8) is 0 Å². The zero-order valence-electron chi connectivity index (χ0n) is 10.1. The zero-order chi connectivity index (χ0) is 9.73. The second-order valence-electron chi connectivity index (χ2n) is 4.66. The average molecular weight is 365 g/mol. The van der Waals surface area contributed by atoms with Crippen molar-refractivity contribution in [1.29, 1.82) is 0 Å². The molecule has 2 aliphatic carbocycles. The van der Waals surface area contributed by atoms with Gasteiger partial charge in [0, 0.05) is 21.1 Å². The summed E-state index contributed by atoms with van der Waals surface area (Å²) in [6.45, 7) is 6.34. The molecule has 2 fully saturated rings. The van der Waals surface area contributed by atoms with E-state index in [1.807, 2.05) is 13.8 Å². The van der Waals surface area contributed by atoms with Crippen LogP contribution in [0.5, 0.6) is 0 Å². The number of hydrogen-bond donors (Lipinski definition) is 0. The molecular formula is C13H25W-. The fraction of sp³-hybridized carbons (Fsp3) is 0.923. The molecule has 0 aromatic heterocycles. The maximum Gasteiger partial charge on any atom is 0 e. The first kappa shape index (κ1) is 14.7. The Morgan fingerprint density at radius 1 is 0.857 bits per heavy atom. The third-order valence-corrected chi connectivity index (χ3v) is 3.83. The molecule has 2 saturated carbocycles. The van der Waals surface area contributed by atoms with Crippen molar-refractivity contribution in [3.8, 4) is 0 Å². The van der Waals surface area contributed by atoms with Crippen LogP contribution in [0.1, 0.15) is 72.1 Å². The van der Waals surface area contributed by atoms with E-state index in [-0.39, 0.29) is 21.1 Å². The van der Waals surface area contributed by atoms with Gasteiger partial charge in [0.2, 0.25) is 0 Å². The molecule has 1 heteroatoms. The summed E-state index contributed by atoms with van der Waals surface area (Å²) in [5.41, 5.74) is 0.833. The van der Waals surface area contributed by atoms with Crippen LogP contribution in [0.2, 0.25) is 0 Å². The third kappa shape index (κ3) is 3.69. The Hall–Kier alpha value is 0.688. The predicted molar refractivity (Wildman–Crippen MR) is 59.6 cm³/mol. The molecule has 14 heavy (non-hydrogen) atoms. The molecule has 2 rings (SSSR count). The summed E-state index contributed by atoms with van der Waals surface area (Å²) in [5.74, 6) is 1.75. The van der Waals surface area contributed by atoms with Crippen LogP contribution in [0.3, 0.4) is 0 Å². The molecule has 2 aliphatic rings. The minimum atomic E-state index is 0. The standard InChI is InChI=1S/C11H19.C2H6.W/c1-10-4-8-11(9-5-10)6-2-3-7-11;1-2;/h2-9H2,1H3;1-2H3;/q-1;;. The second-order valence-corrected chi connectivity index (χ2v) is 4.66. The summed E-state index contributed by atoms with van der Waals surface area (Å²) >= 11 is 0. The maximum absolute atomic E-state index is 2.34. The second kappa shape index (κ2) is 7.04. The molecule has 0 aromatic rings. The molecule has 0 radical (unpaired) electrons. The van der Waals surface area contributed by atoms with Gasteiger partial charge in [-0.15, -0.1) is 0 Å². The molecule has 84 valence electrons. The van der Waals surface area contributed by atoms with Gasteiger partial charge in [0.25, 0.3) is 0 Å². The van der Waals surface area contributed by atoms with Gasteiger partial charge in [-0.2, -0.15) is 19.8 Å². The first-order valence-corrected chi connectivity index (χ1v) is 6.12. The minimum absolute atomic E-state index is 0. The van der Waals surface area contributed by atoms with Crippen LogP contribution in [0.4, 0.5) is 0 Å². The van der Waals surface area contributed by atoms with Crippen molar-refractivity contribution in [2.45, 2.75) is 72.1 Å². The molecule has 0 heterocycles. The molecule has 0 amide bonds. The molecule has 0 unspecified atom stereocenters. The SMILES string of the molecule is CC.C[C-]1CCC2(CCCC2)CC1.[W]. The Bertz CT molecular complexity index is 126. The van der Waals surface area contributed by atoms with Gasteiger partial charge in [-0.25, -0.2) is 0 Å². The quantitative estimate of drug-likeness (QED) is 0.544. The molecule has 0 saturated heterocycles. The Labute approximate surface area is 105 Å². The summed E-state index contributed by atoms with van der Waals surface area (Å²) in [7, 11) is 0. The fourth-order valence-electron chi connectivity index (χ4n) is 2.83. The Morgan fingerprint density at radius 2 is 1.29 bits per heavy atom. The third-order valence-electron chi connectivity index (χ3n) is 3.83. The summed E-state index contributed by atoms with van der Waals surface area (Å²) in [6.07, 6.45) is 12.0. The van der Waals surface area contributed by atoms with Gasteiger partial charge < -0.3 is 5.92 Å². The van der Waals surface area contributed by atoms with Gasteiger partial charge in [-0.05, 0) is 18.3 Å². The fourth-order valence-corrected chi connectivity index (χ4v) is 2.83. The molecule has 0 atom stereocenters. The van der Waals surface area contributed by atoms with E-state index >= 15 is 0 Å². The van der Waals surface area contributed by atoms with Gasteiger partial charge >= 0.3 is 0 Å². The zero-order valence-corrected chi connectivity index (χ0v) is 13.0. The van der Waals surface area contributed by atoms with E-state index in [9.17, 15) is 0 Å². The van der Waals surface area contributed by atoms with Crippen LogP contribution in [0.25, 0.3) is 0 Å². The molecule has 1 spiro atoms. The summed E-state index contributed by atoms with van der Waals surface area (Å²) in [6, 6.07) is 0. The first-order valence-electron chi connectivity index (χ1n) is 6.12. The van der Waals surface area contributed by atoms with Crippen LogP contribution in [-0.2, 0) is 21.1 Å². The van der Waals surface area contributed by atoms with E-state index in [4.69, 9.17) is 0 Å². The van der Waals surface area contributed by atoms with Crippen molar-refractivity contribution < 1.29 is 21.1 Å². The van der Waals surface area contributed by atoms with Crippen LogP contribution in [-0.4, -0.2) is 0 Å². The van der Waals surface area contributed by atoms with E-state index in [2.05, 4.69) is 6.92 Å². The van der Waals surface area contributed by atoms with Gasteiger partial charge in [0.15, 0.2) is 0 Å². The molecule has 0 aromatic carbocycles. The normalized spacial score (nSPS) is 25.1. The monoisotopic (exact) mass is 365 g/mol. The van der Waals surface area contributed by atoms with Gasteiger partial charge in [0.05, 0.1) is 0 Å². The summed E-state index contributed by atoms with van der Waals surface area (Å²) in [5, 5.41) is 0. The molecule has 0 bridgehead atoms. The largest absolute Gasteiger partial charge is 0.317 e. The van der Waals surface area contributed by atoms with E-state index in [0.717, 1.165) is 5.41 Å². The van der Waals surface area contributed by atoms with Crippen LogP contribution in [0.15, 0.2) is 0 Å². The van der Waals surface area contributed by atoms with Gasteiger partial charge in [0.1, 0.15) is 0 Å². The van der Waals surface area contributed by atoms with Crippen molar-refractivity contribution >= 4 is 0 Å². The molecule has 0 aliphatic heterocycles. The van der Waals surface area contributed by atoms with Crippen LogP contribution < -0.4 is 0 Å². The summed E-state index contributed by atoms with van der Waals surface area (Å²) < 4.78 is 0. The van der Waals surface area contributed by atoms with E-state index in [0.29, 0.717) is 0 Å². The Balaban J connectivity index is 0.000000531. The smallest absolute Gasteiger partial charge is 0 e. The van der Waals surface area contributed by atoms with Crippen molar-refractivity contribution in [2.75, 3.05) is 0 Å². The van der Waals surface area contributed by atoms with Crippen LogP contribution in [0, 0.1) is 11.3 Å². The van der Waals surface area contributed by atoms with E-state index in [1.54, 1.807) is 18.8 Å². The van der Waals surface area contributed by atoms with Gasteiger partial charge in [-0.1, -0.05) is 39.5 Å². The average Bonchev–Trinajstić information content (AvgIpc) is 2.63. The summed E-state index contributed by atoms with van der Waals surface area (Å²) in [4.78, 5) is 0. The van der Waals surface area contributed by atoms with Crippen molar-refractivity contribution in [3.05, 3.63) is 5.92 Å².